The number of guanidine groups is 1. The Bertz CT molecular complexity index is 679. The molecular weight excluding hydrogens is 364 g/mol. The lowest BCUT2D eigenvalue weighted by Gasteiger charge is -2.18. The Labute approximate surface area is 175 Å². The van der Waals surface area contributed by atoms with E-state index in [-0.39, 0.29) is 0 Å². The van der Waals surface area contributed by atoms with Gasteiger partial charge in [0.2, 0.25) is 0 Å². The number of furan rings is 1. The second-order valence-electron chi connectivity index (χ2n) is 6.89. The molecule has 0 amide bonds. The zero-order valence-electron chi connectivity index (χ0n) is 18.1. The maximum absolute atomic E-state index is 5.61. The monoisotopic (exact) mass is 400 g/mol. The van der Waals surface area contributed by atoms with Gasteiger partial charge in [0, 0.05) is 26.2 Å². The maximum atomic E-state index is 5.61. The molecule has 0 aliphatic carbocycles. The minimum Gasteiger partial charge on any atom is -0.467 e. The van der Waals surface area contributed by atoms with Crippen molar-refractivity contribution in [2.45, 2.75) is 46.9 Å². The number of aliphatic imine (C=N–C) groups is 1. The lowest BCUT2D eigenvalue weighted by atomic mass is 10.1. The van der Waals surface area contributed by atoms with Crippen molar-refractivity contribution in [1.82, 2.24) is 15.5 Å². The maximum Gasteiger partial charge on any atom is 0.191 e. The number of rotatable bonds is 13. The molecule has 160 valence electrons. The van der Waals surface area contributed by atoms with Crippen molar-refractivity contribution in [2.24, 2.45) is 4.99 Å². The third kappa shape index (κ3) is 9.15. The van der Waals surface area contributed by atoms with Gasteiger partial charge in [-0.3, -0.25) is 4.90 Å². The van der Waals surface area contributed by atoms with Crippen LogP contribution in [-0.4, -0.2) is 43.6 Å². The van der Waals surface area contributed by atoms with E-state index in [0.717, 1.165) is 50.9 Å². The summed E-state index contributed by atoms with van der Waals surface area (Å²) in [4.78, 5) is 7.11. The number of hydrogen-bond donors (Lipinski definition) is 2. The summed E-state index contributed by atoms with van der Waals surface area (Å²) in [6, 6.07) is 12.6. The Morgan fingerprint density at radius 2 is 1.79 bits per heavy atom. The molecule has 6 nitrogen and oxygen atoms in total. The van der Waals surface area contributed by atoms with Gasteiger partial charge in [0.05, 0.1) is 12.8 Å². The first-order chi connectivity index (χ1) is 14.2. The summed E-state index contributed by atoms with van der Waals surface area (Å²) in [5, 5.41) is 6.66. The molecule has 0 atom stereocenters. The average Bonchev–Trinajstić information content (AvgIpc) is 3.27. The first-order valence-electron chi connectivity index (χ1n) is 10.7. The van der Waals surface area contributed by atoms with Gasteiger partial charge in [-0.25, -0.2) is 4.99 Å². The molecule has 29 heavy (non-hydrogen) atoms. The van der Waals surface area contributed by atoms with Crippen molar-refractivity contribution in [2.75, 3.05) is 32.8 Å². The Morgan fingerprint density at radius 1 is 1.03 bits per heavy atom. The summed E-state index contributed by atoms with van der Waals surface area (Å²) in [5.74, 6) is 1.70. The van der Waals surface area contributed by atoms with Crippen LogP contribution in [0.4, 0.5) is 0 Å². The first kappa shape index (κ1) is 23.0. The van der Waals surface area contributed by atoms with E-state index < -0.39 is 0 Å². The zero-order valence-corrected chi connectivity index (χ0v) is 18.1. The molecule has 1 heterocycles. The van der Waals surface area contributed by atoms with E-state index in [9.17, 15) is 0 Å². The lowest BCUT2D eigenvalue weighted by molar-refractivity contribution is 0.105. The van der Waals surface area contributed by atoms with Crippen LogP contribution in [0.3, 0.4) is 0 Å². The molecule has 0 radical (unpaired) electrons. The predicted octanol–water partition coefficient (Wildman–Crippen LogP) is 3.78. The van der Waals surface area contributed by atoms with Gasteiger partial charge in [-0.05, 0) is 49.7 Å². The standard InChI is InChI=1S/C23H36N4O2/c1-4-24-23(25-14-8-15-28-19-22-9-7-16-29-22)26-17-20-10-12-21(13-11-20)18-27(5-2)6-3/h7,9-13,16H,4-6,8,14-15,17-19H2,1-3H3,(H2,24,25,26). The molecule has 0 bridgehead atoms. The number of nitrogens with zero attached hydrogens (tertiary/aromatic N) is 2. The van der Waals surface area contributed by atoms with E-state index in [4.69, 9.17) is 14.1 Å². The molecule has 0 aliphatic heterocycles. The topological polar surface area (TPSA) is 62.0 Å². The van der Waals surface area contributed by atoms with Crippen molar-refractivity contribution in [3.8, 4) is 0 Å². The minimum atomic E-state index is 0.519. The highest BCUT2D eigenvalue weighted by atomic mass is 16.5. The van der Waals surface area contributed by atoms with Gasteiger partial charge in [-0.2, -0.15) is 0 Å². The quantitative estimate of drug-likeness (QED) is 0.304. The Morgan fingerprint density at radius 3 is 2.45 bits per heavy atom. The van der Waals surface area contributed by atoms with Gasteiger partial charge in [0.15, 0.2) is 5.96 Å². The van der Waals surface area contributed by atoms with E-state index in [1.807, 2.05) is 12.1 Å². The zero-order chi connectivity index (χ0) is 20.7. The Balaban J connectivity index is 1.71. The van der Waals surface area contributed by atoms with Gasteiger partial charge in [-0.1, -0.05) is 38.1 Å². The summed E-state index contributed by atoms with van der Waals surface area (Å²) < 4.78 is 10.9. The molecule has 2 aromatic rings. The van der Waals surface area contributed by atoms with E-state index in [1.165, 1.54) is 11.1 Å². The summed E-state index contributed by atoms with van der Waals surface area (Å²) in [7, 11) is 0. The van der Waals surface area contributed by atoms with E-state index in [0.29, 0.717) is 19.8 Å². The van der Waals surface area contributed by atoms with Crippen molar-refractivity contribution in [3.05, 3.63) is 59.5 Å². The average molecular weight is 401 g/mol. The molecule has 0 unspecified atom stereocenters. The molecule has 2 N–H and O–H groups in total. The molecule has 1 aromatic carbocycles. The molecule has 6 heteroatoms. The molecule has 0 aliphatic rings. The van der Waals surface area contributed by atoms with Crippen molar-refractivity contribution < 1.29 is 9.15 Å². The SMILES string of the molecule is CCNC(=NCc1ccc(CN(CC)CC)cc1)NCCCOCc1ccco1. The highest BCUT2D eigenvalue weighted by Gasteiger charge is 2.02. The smallest absolute Gasteiger partial charge is 0.191 e. The van der Waals surface area contributed by atoms with Crippen molar-refractivity contribution in [3.63, 3.8) is 0 Å². The van der Waals surface area contributed by atoms with Crippen LogP contribution in [0.2, 0.25) is 0 Å². The van der Waals surface area contributed by atoms with Crippen molar-refractivity contribution >= 4 is 5.96 Å². The van der Waals surface area contributed by atoms with Crippen LogP contribution in [0.15, 0.2) is 52.1 Å². The van der Waals surface area contributed by atoms with Gasteiger partial charge in [-0.15, -0.1) is 0 Å². The second kappa shape index (κ2) is 13.8. The lowest BCUT2D eigenvalue weighted by Crippen LogP contribution is -2.38. The largest absolute Gasteiger partial charge is 0.467 e. The van der Waals surface area contributed by atoms with Crippen LogP contribution in [-0.2, 0) is 24.4 Å². The van der Waals surface area contributed by atoms with Crippen LogP contribution in [0.1, 0.15) is 44.1 Å². The minimum absolute atomic E-state index is 0.519. The predicted molar refractivity (Wildman–Crippen MR) is 119 cm³/mol. The van der Waals surface area contributed by atoms with Gasteiger partial charge >= 0.3 is 0 Å². The third-order valence-corrected chi connectivity index (χ3v) is 4.67. The van der Waals surface area contributed by atoms with Crippen LogP contribution in [0.5, 0.6) is 0 Å². The summed E-state index contributed by atoms with van der Waals surface area (Å²) in [6.45, 7) is 13.1. The van der Waals surface area contributed by atoms with E-state index in [2.05, 4.69) is 60.6 Å². The molecule has 1 aromatic heterocycles. The summed E-state index contributed by atoms with van der Waals surface area (Å²) in [5.41, 5.74) is 2.56. The summed E-state index contributed by atoms with van der Waals surface area (Å²) in [6.07, 6.45) is 2.57. The Hall–Kier alpha value is -2.31. The molecule has 0 spiro atoms. The number of nitrogens with one attached hydrogen (secondary N) is 2. The number of hydrogen-bond acceptors (Lipinski definition) is 4. The fourth-order valence-corrected chi connectivity index (χ4v) is 2.92. The number of benzene rings is 1. The highest BCUT2D eigenvalue weighted by molar-refractivity contribution is 5.79. The van der Waals surface area contributed by atoms with Crippen LogP contribution in [0.25, 0.3) is 0 Å². The Kier molecular flexibility index (Phi) is 10.9. The fraction of sp³-hybridized carbons (Fsp3) is 0.522. The summed E-state index contributed by atoms with van der Waals surface area (Å²) >= 11 is 0. The third-order valence-electron chi connectivity index (χ3n) is 4.67. The van der Waals surface area contributed by atoms with Crippen LogP contribution >= 0.6 is 0 Å². The van der Waals surface area contributed by atoms with Crippen LogP contribution in [0, 0.1) is 0 Å². The fourth-order valence-electron chi connectivity index (χ4n) is 2.92. The highest BCUT2D eigenvalue weighted by Crippen LogP contribution is 2.08. The van der Waals surface area contributed by atoms with E-state index >= 15 is 0 Å². The van der Waals surface area contributed by atoms with E-state index in [1.54, 1.807) is 6.26 Å². The second-order valence-corrected chi connectivity index (χ2v) is 6.89. The molecule has 0 saturated heterocycles. The van der Waals surface area contributed by atoms with Crippen LogP contribution < -0.4 is 10.6 Å². The molecule has 0 fully saturated rings. The molecule has 2 rings (SSSR count). The van der Waals surface area contributed by atoms with Crippen molar-refractivity contribution in [1.29, 1.82) is 0 Å². The number of ether oxygens (including phenoxy) is 1. The van der Waals surface area contributed by atoms with Gasteiger partial charge in [0.1, 0.15) is 12.4 Å². The molecular formula is C23H36N4O2. The molecule has 0 saturated carbocycles. The van der Waals surface area contributed by atoms with Gasteiger partial charge in [0.25, 0.3) is 0 Å². The first-order valence-corrected chi connectivity index (χ1v) is 10.7. The normalized spacial score (nSPS) is 11.8. The van der Waals surface area contributed by atoms with Gasteiger partial charge < -0.3 is 19.8 Å².